The predicted molar refractivity (Wildman–Crippen MR) is 99.5 cm³/mol. The number of halogens is 2. The average molecular weight is 368 g/mol. The number of aromatic amines is 1. The van der Waals surface area contributed by atoms with E-state index in [4.69, 9.17) is 35.4 Å². The zero-order valence-electron chi connectivity index (χ0n) is 12.4. The van der Waals surface area contributed by atoms with Crippen molar-refractivity contribution in [1.29, 1.82) is 0 Å². The third-order valence-electron chi connectivity index (χ3n) is 3.77. The lowest BCUT2D eigenvalue weighted by Gasteiger charge is -2.32. The molecule has 2 N–H and O–H groups in total. The summed E-state index contributed by atoms with van der Waals surface area (Å²) in [5.41, 5.74) is 0.850. The van der Waals surface area contributed by atoms with E-state index < -0.39 is 0 Å². The molecule has 0 bridgehead atoms. The summed E-state index contributed by atoms with van der Waals surface area (Å²) in [5.74, 6) is 1.13. The molecule has 4 nitrogen and oxygen atoms in total. The van der Waals surface area contributed by atoms with E-state index in [9.17, 15) is 0 Å². The van der Waals surface area contributed by atoms with Crippen molar-refractivity contribution >= 4 is 52.0 Å². The summed E-state index contributed by atoms with van der Waals surface area (Å²) in [5, 5.41) is 4.99. The molecule has 23 heavy (non-hydrogen) atoms. The number of anilines is 2. The number of aromatic nitrogens is 1. The second kappa shape index (κ2) is 7.34. The van der Waals surface area contributed by atoms with Crippen LogP contribution in [0.1, 0.15) is 0 Å². The Kier molecular flexibility index (Phi) is 5.20. The average Bonchev–Trinajstić information content (AvgIpc) is 2.59. The summed E-state index contributed by atoms with van der Waals surface area (Å²) < 4.78 is 0. The molecule has 1 aromatic heterocycles. The highest BCUT2D eigenvalue weighted by molar-refractivity contribution is 7.80. The van der Waals surface area contributed by atoms with Crippen LogP contribution in [0.3, 0.4) is 0 Å². The largest absolute Gasteiger partial charge is 0.341 e. The molecule has 0 unspecified atom stereocenters. The molecular weight excluding hydrogens is 351 g/mol. The van der Waals surface area contributed by atoms with Crippen LogP contribution in [0.5, 0.6) is 0 Å². The van der Waals surface area contributed by atoms with Gasteiger partial charge < -0.3 is 10.2 Å². The normalized spacial score (nSPS) is 14.7. The Morgan fingerprint density at radius 2 is 1.83 bits per heavy atom. The maximum absolute atomic E-state index is 6.03. The fourth-order valence-corrected chi connectivity index (χ4v) is 3.11. The van der Waals surface area contributed by atoms with Crippen molar-refractivity contribution in [2.75, 3.05) is 36.4 Å². The number of piperazine rings is 1. The molecule has 0 aliphatic carbocycles. The minimum atomic E-state index is 0.518. The van der Waals surface area contributed by atoms with Gasteiger partial charge in [-0.3, -0.25) is 4.90 Å². The van der Waals surface area contributed by atoms with Gasteiger partial charge in [-0.25, -0.2) is 4.98 Å². The van der Waals surface area contributed by atoms with Crippen molar-refractivity contribution in [3.05, 3.63) is 52.6 Å². The highest BCUT2D eigenvalue weighted by atomic mass is 35.5. The summed E-state index contributed by atoms with van der Waals surface area (Å²) in [6, 6.07) is 11.5. The quantitative estimate of drug-likeness (QED) is 0.825. The molecule has 120 valence electrons. The van der Waals surface area contributed by atoms with Crippen LogP contribution in [0.25, 0.3) is 0 Å². The summed E-state index contributed by atoms with van der Waals surface area (Å²) in [6.07, 6.45) is 1.94. The molecule has 1 fully saturated rings. The highest BCUT2D eigenvalue weighted by Crippen LogP contribution is 2.25. The van der Waals surface area contributed by atoms with Gasteiger partial charge >= 0.3 is 0 Å². The van der Waals surface area contributed by atoms with Crippen LogP contribution < -0.4 is 15.2 Å². The van der Waals surface area contributed by atoms with E-state index in [1.54, 1.807) is 12.1 Å². The molecule has 0 radical (unpaired) electrons. The highest BCUT2D eigenvalue weighted by Gasteiger charge is 2.24. The molecule has 3 rings (SSSR count). The van der Waals surface area contributed by atoms with Crippen LogP contribution in [0, 0.1) is 0 Å². The van der Waals surface area contributed by atoms with Gasteiger partial charge in [-0.1, -0.05) is 29.3 Å². The van der Waals surface area contributed by atoms with Gasteiger partial charge in [0.1, 0.15) is 13.1 Å². The van der Waals surface area contributed by atoms with Crippen molar-refractivity contribution in [3.63, 3.8) is 0 Å². The molecular formula is C16H17Cl2N4S+. The SMILES string of the molecule is S=C(Nc1ccc(Cl)c(Cl)c1)N1CCN(c2cccc[nH+]2)CC1. The first-order chi connectivity index (χ1) is 11.1. The van der Waals surface area contributed by atoms with Gasteiger partial charge in [0.05, 0.1) is 29.3 Å². The van der Waals surface area contributed by atoms with Crippen LogP contribution in [0.4, 0.5) is 11.5 Å². The zero-order valence-corrected chi connectivity index (χ0v) is 14.8. The first kappa shape index (κ1) is 16.3. The molecule has 1 aromatic carbocycles. The van der Waals surface area contributed by atoms with Gasteiger partial charge in [-0.2, -0.15) is 0 Å². The molecule has 1 aliphatic heterocycles. The topological polar surface area (TPSA) is 32.6 Å². The minimum Gasteiger partial charge on any atom is -0.341 e. The van der Waals surface area contributed by atoms with E-state index in [-0.39, 0.29) is 0 Å². The first-order valence-electron chi connectivity index (χ1n) is 7.36. The number of hydrogen-bond acceptors (Lipinski definition) is 2. The van der Waals surface area contributed by atoms with E-state index in [1.807, 2.05) is 24.4 Å². The van der Waals surface area contributed by atoms with E-state index in [2.05, 4.69) is 26.2 Å². The van der Waals surface area contributed by atoms with Gasteiger partial charge in [-0.05, 0) is 36.5 Å². The smallest absolute Gasteiger partial charge is 0.274 e. The van der Waals surface area contributed by atoms with Crippen LogP contribution in [-0.2, 0) is 0 Å². The van der Waals surface area contributed by atoms with Crippen LogP contribution in [-0.4, -0.2) is 36.2 Å². The molecule has 2 heterocycles. The molecule has 1 saturated heterocycles. The minimum absolute atomic E-state index is 0.518. The lowest BCUT2D eigenvalue weighted by atomic mass is 10.3. The van der Waals surface area contributed by atoms with E-state index >= 15 is 0 Å². The van der Waals surface area contributed by atoms with Crippen LogP contribution in [0.15, 0.2) is 42.6 Å². The Hall–Kier alpha value is -1.56. The molecule has 0 spiro atoms. The van der Waals surface area contributed by atoms with Crippen LogP contribution in [0.2, 0.25) is 10.0 Å². The summed E-state index contributed by atoms with van der Waals surface area (Å²) in [7, 11) is 0. The Balaban J connectivity index is 1.57. The van der Waals surface area contributed by atoms with Gasteiger partial charge in [0.25, 0.3) is 5.82 Å². The Morgan fingerprint density at radius 1 is 1.04 bits per heavy atom. The number of benzene rings is 1. The van der Waals surface area contributed by atoms with E-state index in [0.717, 1.165) is 37.7 Å². The van der Waals surface area contributed by atoms with Gasteiger partial charge in [0.2, 0.25) is 0 Å². The number of pyridine rings is 1. The maximum atomic E-state index is 6.03. The summed E-state index contributed by atoms with van der Waals surface area (Å²) in [6.45, 7) is 3.58. The Morgan fingerprint density at radius 3 is 2.48 bits per heavy atom. The third kappa shape index (κ3) is 4.05. The first-order valence-corrected chi connectivity index (χ1v) is 8.52. The van der Waals surface area contributed by atoms with Crippen molar-refractivity contribution in [1.82, 2.24) is 4.90 Å². The molecule has 7 heteroatoms. The Labute approximate surface area is 151 Å². The Bertz CT molecular complexity index is 688. The monoisotopic (exact) mass is 367 g/mol. The lowest BCUT2D eigenvalue weighted by molar-refractivity contribution is -0.364. The van der Waals surface area contributed by atoms with Crippen molar-refractivity contribution in [2.45, 2.75) is 0 Å². The fourth-order valence-electron chi connectivity index (χ4n) is 2.51. The molecule has 2 aromatic rings. The second-order valence-electron chi connectivity index (χ2n) is 5.28. The number of nitrogens with one attached hydrogen (secondary N) is 2. The van der Waals surface area contributed by atoms with Crippen molar-refractivity contribution < 1.29 is 4.98 Å². The number of thiocarbonyl (C=S) groups is 1. The number of hydrogen-bond donors (Lipinski definition) is 1. The van der Waals surface area contributed by atoms with Crippen molar-refractivity contribution in [3.8, 4) is 0 Å². The third-order valence-corrected chi connectivity index (χ3v) is 4.87. The number of H-pyrrole nitrogens is 1. The van der Waals surface area contributed by atoms with E-state index in [0.29, 0.717) is 15.2 Å². The molecule has 0 atom stereocenters. The van der Waals surface area contributed by atoms with Gasteiger partial charge in [0.15, 0.2) is 5.11 Å². The second-order valence-corrected chi connectivity index (χ2v) is 6.48. The molecule has 1 aliphatic rings. The number of nitrogens with zero attached hydrogens (tertiary/aromatic N) is 2. The predicted octanol–water partition coefficient (Wildman–Crippen LogP) is 3.33. The lowest BCUT2D eigenvalue weighted by Crippen LogP contribution is -2.51. The molecule has 0 amide bonds. The van der Waals surface area contributed by atoms with Crippen molar-refractivity contribution in [2.24, 2.45) is 0 Å². The van der Waals surface area contributed by atoms with Crippen LogP contribution >= 0.6 is 35.4 Å². The summed E-state index contributed by atoms with van der Waals surface area (Å²) in [4.78, 5) is 7.75. The molecule has 0 saturated carbocycles. The standard InChI is InChI=1S/C16H16Cl2N4S/c17-13-5-4-12(11-14(13)18)20-16(23)22-9-7-21(8-10-22)15-3-1-2-6-19-15/h1-6,11H,7-10H2,(H,20,23)/p+1. The number of rotatable bonds is 2. The fraction of sp³-hybridized carbons (Fsp3) is 0.250. The maximum Gasteiger partial charge on any atom is 0.274 e. The van der Waals surface area contributed by atoms with E-state index in [1.165, 1.54) is 0 Å². The van der Waals surface area contributed by atoms with Gasteiger partial charge in [0, 0.05) is 11.8 Å². The summed E-state index contributed by atoms with van der Waals surface area (Å²) >= 11 is 17.5. The zero-order chi connectivity index (χ0) is 16.2. The van der Waals surface area contributed by atoms with Gasteiger partial charge in [-0.15, -0.1) is 0 Å².